The summed E-state index contributed by atoms with van der Waals surface area (Å²) in [6, 6.07) is 7.80. The number of allylic oxidation sites excluding steroid dienone is 1. The van der Waals surface area contributed by atoms with Crippen molar-refractivity contribution in [3.05, 3.63) is 36.9 Å². The van der Waals surface area contributed by atoms with Crippen LogP contribution in [0.4, 0.5) is 0 Å². The molecule has 2 heterocycles. The first kappa shape index (κ1) is 18.0. The molecule has 3 rings (SSSR count). The summed E-state index contributed by atoms with van der Waals surface area (Å²) in [5.41, 5.74) is 1.21. The van der Waals surface area contributed by atoms with E-state index in [-0.39, 0.29) is 23.2 Å². The van der Waals surface area contributed by atoms with Gasteiger partial charge in [0, 0.05) is 6.54 Å². The maximum Gasteiger partial charge on any atom is 0.230 e. The lowest BCUT2D eigenvalue weighted by atomic mass is 10.0. The number of amides is 1. The van der Waals surface area contributed by atoms with Gasteiger partial charge in [-0.3, -0.25) is 4.79 Å². The highest BCUT2D eigenvalue weighted by Crippen LogP contribution is 2.26. The molecule has 134 valence electrons. The SMILES string of the molecule is C=CCn1c(SCC(=O)NC2(C)CCS(=O)(=O)C2)nc2ccccc21. The van der Waals surface area contributed by atoms with Crippen LogP contribution in [0.5, 0.6) is 0 Å². The number of para-hydroxylation sites is 2. The van der Waals surface area contributed by atoms with Crippen LogP contribution in [0.25, 0.3) is 11.0 Å². The number of aromatic nitrogens is 2. The van der Waals surface area contributed by atoms with Gasteiger partial charge in [-0.05, 0) is 25.5 Å². The number of benzene rings is 1. The highest BCUT2D eigenvalue weighted by molar-refractivity contribution is 7.99. The van der Waals surface area contributed by atoms with Crippen LogP contribution in [-0.4, -0.2) is 46.7 Å². The Kier molecular flexibility index (Phi) is 4.92. The first-order valence-electron chi connectivity index (χ1n) is 8.02. The molecule has 25 heavy (non-hydrogen) atoms. The molecule has 8 heteroatoms. The van der Waals surface area contributed by atoms with Crippen molar-refractivity contribution in [2.75, 3.05) is 17.3 Å². The van der Waals surface area contributed by atoms with E-state index in [1.165, 1.54) is 11.8 Å². The van der Waals surface area contributed by atoms with Gasteiger partial charge in [-0.1, -0.05) is 30.0 Å². The zero-order valence-corrected chi connectivity index (χ0v) is 15.7. The molecule has 1 fully saturated rings. The van der Waals surface area contributed by atoms with Crippen molar-refractivity contribution >= 4 is 38.5 Å². The Bertz CT molecular complexity index is 920. The molecule has 1 atom stereocenters. The van der Waals surface area contributed by atoms with E-state index in [2.05, 4.69) is 16.9 Å². The number of nitrogens with one attached hydrogen (secondary N) is 1. The third-order valence-electron chi connectivity index (χ3n) is 4.21. The van der Waals surface area contributed by atoms with Crippen molar-refractivity contribution in [2.24, 2.45) is 0 Å². The van der Waals surface area contributed by atoms with Crippen LogP contribution in [-0.2, 0) is 21.2 Å². The Morgan fingerprint density at radius 3 is 2.92 bits per heavy atom. The van der Waals surface area contributed by atoms with Crippen LogP contribution in [0.2, 0.25) is 0 Å². The number of hydrogen-bond donors (Lipinski definition) is 1. The Labute approximate surface area is 151 Å². The fourth-order valence-corrected chi connectivity index (χ4v) is 6.00. The molecule has 0 saturated carbocycles. The monoisotopic (exact) mass is 379 g/mol. The quantitative estimate of drug-likeness (QED) is 0.613. The minimum atomic E-state index is -3.05. The Hall–Kier alpha value is -1.80. The van der Waals surface area contributed by atoms with E-state index < -0.39 is 15.4 Å². The highest BCUT2D eigenvalue weighted by atomic mass is 32.2. The van der Waals surface area contributed by atoms with Crippen molar-refractivity contribution in [1.29, 1.82) is 0 Å². The van der Waals surface area contributed by atoms with Gasteiger partial charge in [0.1, 0.15) is 0 Å². The predicted molar refractivity (Wildman–Crippen MR) is 100 cm³/mol. The maximum atomic E-state index is 12.3. The number of hydrogen-bond acceptors (Lipinski definition) is 5. The summed E-state index contributed by atoms with van der Waals surface area (Å²) in [5, 5.41) is 3.62. The topological polar surface area (TPSA) is 81.1 Å². The molecule has 1 aliphatic heterocycles. The summed E-state index contributed by atoms with van der Waals surface area (Å²) in [5.74, 6) is 0.148. The van der Waals surface area contributed by atoms with Crippen LogP contribution in [0.1, 0.15) is 13.3 Å². The number of fused-ring (bicyclic) bond motifs is 1. The second-order valence-electron chi connectivity index (χ2n) is 6.52. The van der Waals surface area contributed by atoms with E-state index in [0.717, 1.165) is 16.2 Å². The summed E-state index contributed by atoms with van der Waals surface area (Å²) in [4.78, 5) is 16.9. The lowest BCUT2D eigenvalue weighted by molar-refractivity contribution is -0.120. The van der Waals surface area contributed by atoms with Gasteiger partial charge < -0.3 is 9.88 Å². The standard InChI is InChI=1S/C17H21N3O3S2/c1-3-9-20-14-7-5-4-6-13(14)18-16(20)24-11-15(21)19-17(2)8-10-25(22,23)12-17/h3-7H,1,8-12H2,2H3,(H,19,21). The van der Waals surface area contributed by atoms with Crippen LogP contribution >= 0.6 is 11.8 Å². The van der Waals surface area contributed by atoms with Crippen LogP contribution in [0.15, 0.2) is 42.1 Å². The molecule has 1 N–H and O–H groups in total. The zero-order chi connectivity index (χ0) is 18.1. The fraction of sp³-hybridized carbons (Fsp3) is 0.412. The van der Waals surface area contributed by atoms with Crippen molar-refractivity contribution in [1.82, 2.24) is 14.9 Å². The number of sulfone groups is 1. The first-order chi connectivity index (χ1) is 11.8. The zero-order valence-electron chi connectivity index (χ0n) is 14.1. The molecule has 0 spiro atoms. The molecule has 0 bridgehead atoms. The van der Waals surface area contributed by atoms with E-state index in [4.69, 9.17) is 0 Å². The maximum absolute atomic E-state index is 12.3. The number of carbonyl (C=O) groups is 1. The Morgan fingerprint density at radius 2 is 2.24 bits per heavy atom. The van der Waals surface area contributed by atoms with Crippen LogP contribution in [0.3, 0.4) is 0 Å². The van der Waals surface area contributed by atoms with Gasteiger partial charge in [0.05, 0.1) is 33.8 Å². The number of imidazole rings is 1. The summed E-state index contributed by atoms with van der Waals surface area (Å²) >= 11 is 1.35. The fourth-order valence-electron chi connectivity index (χ4n) is 3.08. The van der Waals surface area contributed by atoms with E-state index in [0.29, 0.717) is 13.0 Å². The van der Waals surface area contributed by atoms with Gasteiger partial charge in [0.25, 0.3) is 0 Å². The van der Waals surface area contributed by atoms with E-state index in [1.807, 2.05) is 28.8 Å². The van der Waals surface area contributed by atoms with E-state index in [1.54, 1.807) is 13.0 Å². The van der Waals surface area contributed by atoms with E-state index >= 15 is 0 Å². The first-order valence-corrected chi connectivity index (χ1v) is 10.8. The molecule has 1 unspecified atom stereocenters. The van der Waals surface area contributed by atoms with Gasteiger partial charge in [-0.2, -0.15) is 0 Å². The summed E-state index contributed by atoms with van der Waals surface area (Å²) in [6.07, 6.45) is 2.25. The molecule has 1 aromatic heterocycles. The second kappa shape index (κ2) is 6.84. The third kappa shape index (κ3) is 4.07. The molecule has 1 aliphatic rings. The number of thioether (sulfide) groups is 1. The van der Waals surface area contributed by atoms with Gasteiger partial charge in [-0.25, -0.2) is 13.4 Å². The highest BCUT2D eigenvalue weighted by Gasteiger charge is 2.39. The molecule has 6 nitrogen and oxygen atoms in total. The number of rotatable bonds is 6. The molecule has 0 radical (unpaired) electrons. The van der Waals surface area contributed by atoms with Crippen LogP contribution in [0, 0.1) is 0 Å². The Morgan fingerprint density at radius 1 is 1.48 bits per heavy atom. The predicted octanol–water partition coefficient (Wildman–Crippen LogP) is 2.01. The Balaban J connectivity index is 1.69. The minimum absolute atomic E-state index is 0.00534. The van der Waals surface area contributed by atoms with Gasteiger partial charge in [0.15, 0.2) is 15.0 Å². The smallest absolute Gasteiger partial charge is 0.230 e. The van der Waals surface area contributed by atoms with Crippen molar-refractivity contribution in [3.63, 3.8) is 0 Å². The lowest BCUT2D eigenvalue weighted by Gasteiger charge is -2.23. The van der Waals surface area contributed by atoms with Crippen LogP contribution < -0.4 is 5.32 Å². The van der Waals surface area contributed by atoms with Crippen molar-refractivity contribution in [3.8, 4) is 0 Å². The molecule has 1 aromatic carbocycles. The molecule has 1 amide bonds. The largest absolute Gasteiger partial charge is 0.349 e. The summed E-state index contributed by atoms with van der Waals surface area (Å²) < 4.78 is 25.3. The summed E-state index contributed by atoms with van der Waals surface area (Å²) in [6.45, 7) is 6.17. The number of nitrogens with zero attached hydrogens (tertiary/aromatic N) is 2. The van der Waals surface area contributed by atoms with Gasteiger partial charge in [-0.15, -0.1) is 6.58 Å². The average Bonchev–Trinajstić information content (AvgIpc) is 3.03. The average molecular weight is 380 g/mol. The van der Waals surface area contributed by atoms with Gasteiger partial charge >= 0.3 is 0 Å². The van der Waals surface area contributed by atoms with Crippen molar-refractivity contribution in [2.45, 2.75) is 30.6 Å². The minimum Gasteiger partial charge on any atom is -0.349 e. The van der Waals surface area contributed by atoms with E-state index in [9.17, 15) is 13.2 Å². The third-order valence-corrected chi connectivity index (χ3v) is 7.09. The molecular weight excluding hydrogens is 358 g/mol. The normalized spacial score (nSPS) is 22.1. The molecule has 0 aliphatic carbocycles. The van der Waals surface area contributed by atoms with Crippen molar-refractivity contribution < 1.29 is 13.2 Å². The molecular formula is C17H21N3O3S2. The molecule has 1 saturated heterocycles. The number of carbonyl (C=O) groups excluding carboxylic acids is 1. The van der Waals surface area contributed by atoms with Gasteiger partial charge in [0.2, 0.25) is 5.91 Å². The second-order valence-corrected chi connectivity index (χ2v) is 9.65. The lowest BCUT2D eigenvalue weighted by Crippen LogP contribution is -2.47. The summed E-state index contributed by atoms with van der Waals surface area (Å²) in [7, 11) is -3.05. The molecule has 2 aromatic rings.